The van der Waals surface area contributed by atoms with Crippen molar-refractivity contribution in [2.75, 3.05) is 11.9 Å². The number of carbonyl (C=O) groups excluding carboxylic acids is 3. The Morgan fingerprint density at radius 3 is 2.52 bits per heavy atom. The van der Waals surface area contributed by atoms with E-state index in [1.807, 2.05) is 0 Å². The zero-order valence-corrected chi connectivity index (χ0v) is 16.0. The Hall–Kier alpha value is -2.63. The lowest BCUT2D eigenvalue weighted by molar-refractivity contribution is -0.154. The standard InChI is InChI=1S/C21H28N2O4/c1-15(21(26)22-13-12-17-6-4-3-5-7-17)27-20(25)14-18-8-10-19(11-9-18)23-16(2)24/h6,8-11,15H,3-5,7,12-14H2,1-2H3,(H,22,26)(H,23,24)/t15-/m0/s1. The van der Waals surface area contributed by atoms with Crippen molar-refractivity contribution >= 4 is 23.5 Å². The fourth-order valence-electron chi connectivity index (χ4n) is 2.99. The monoisotopic (exact) mass is 372 g/mol. The Labute approximate surface area is 160 Å². The molecule has 0 saturated carbocycles. The summed E-state index contributed by atoms with van der Waals surface area (Å²) >= 11 is 0. The van der Waals surface area contributed by atoms with E-state index >= 15 is 0 Å². The number of hydrogen-bond acceptors (Lipinski definition) is 4. The van der Waals surface area contributed by atoms with E-state index in [0.29, 0.717) is 12.2 Å². The summed E-state index contributed by atoms with van der Waals surface area (Å²) in [6.07, 6.45) is 7.08. The summed E-state index contributed by atoms with van der Waals surface area (Å²) < 4.78 is 5.22. The number of rotatable bonds is 8. The number of hydrogen-bond donors (Lipinski definition) is 2. The SMILES string of the molecule is CC(=O)Nc1ccc(CC(=O)O[C@@H](C)C(=O)NCCC2=CCCCC2)cc1. The maximum Gasteiger partial charge on any atom is 0.311 e. The molecule has 1 aromatic carbocycles. The van der Waals surface area contributed by atoms with Crippen molar-refractivity contribution in [1.29, 1.82) is 0 Å². The van der Waals surface area contributed by atoms with Gasteiger partial charge in [-0.05, 0) is 56.7 Å². The predicted molar refractivity (Wildman–Crippen MR) is 104 cm³/mol. The van der Waals surface area contributed by atoms with E-state index < -0.39 is 12.1 Å². The average Bonchev–Trinajstić information content (AvgIpc) is 2.63. The number of ether oxygens (including phenoxy) is 1. The molecule has 0 fully saturated rings. The number of esters is 1. The number of carbonyl (C=O) groups is 3. The Morgan fingerprint density at radius 1 is 1.15 bits per heavy atom. The predicted octanol–water partition coefficient (Wildman–Crippen LogP) is 3.13. The summed E-state index contributed by atoms with van der Waals surface area (Å²) in [5, 5.41) is 5.49. The highest BCUT2D eigenvalue weighted by molar-refractivity contribution is 5.88. The van der Waals surface area contributed by atoms with E-state index in [4.69, 9.17) is 4.74 Å². The second-order valence-corrected chi connectivity index (χ2v) is 6.84. The van der Waals surface area contributed by atoms with E-state index in [-0.39, 0.29) is 18.2 Å². The first-order valence-corrected chi connectivity index (χ1v) is 9.45. The van der Waals surface area contributed by atoms with Crippen molar-refractivity contribution in [3.05, 3.63) is 41.5 Å². The molecule has 27 heavy (non-hydrogen) atoms. The molecule has 1 atom stereocenters. The minimum absolute atomic E-state index is 0.0743. The lowest BCUT2D eigenvalue weighted by Gasteiger charge is -2.15. The van der Waals surface area contributed by atoms with Gasteiger partial charge in [0.05, 0.1) is 6.42 Å². The molecule has 0 heterocycles. The van der Waals surface area contributed by atoms with Gasteiger partial charge in [-0.2, -0.15) is 0 Å². The quantitative estimate of drug-likeness (QED) is 0.542. The second kappa shape index (κ2) is 10.5. The molecule has 2 amide bonds. The maximum absolute atomic E-state index is 12.1. The smallest absolute Gasteiger partial charge is 0.311 e. The molecule has 0 saturated heterocycles. The zero-order valence-electron chi connectivity index (χ0n) is 16.0. The third-order valence-corrected chi connectivity index (χ3v) is 4.43. The van der Waals surface area contributed by atoms with Crippen LogP contribution in [-0.4, -0.2) is 30.4 Å². The van der Waals surface area contributed by atoms with Crippen LogP contribution in [0.15, 0.2) is 35.9 Å². The molecule has 6 heteroatoms. The van der Waals surface area contributed by atoms with Crippen molar-refractivity contribution in [3.63, 3.8) is 0 Å². The summed E-state index contributed by atoms with van der Waals surface area (Å²) in [5.74, 6) is -0.887. The van der Waals surface area contributed by atoms with Gasteiger partial charge in [0.2, 0.25) is 5.91 Å². The summed E-state index contributed by atoms with van der Waals surface area (Å²) in [6, 6.07) is 6.94. The van der Waals surface area contributed by atoms with E-state index in [2.05, 4.69) is 16.7 Å². The van der Waals surface area contributed by atoms with Gasteiger partial charge >= 0.3 is 5.97 Å². The van der Waals surface area contributed by atoms with Crippen LogP contribution >= 0.6 is 0 Å². The first-order chi connectivity index (χ1) is 12.9. The van der Waals surface area contributed by atoms with Gasteiger partial charge in [-0.3, -0.25) is 14.4 Å². The van der Waals surface area contributed by atoms with Gasteiger partial charge in [-0.1, -0.05) is 23.8 Å². The van der Waals surface area contributed by atoms with Crippen molar-refractivity contribution in [2.24, 2.45) is 0 Å². The lowest BCUT2D eigenvalue weighted by atomic mass is 9.97. The van der Waals surface area contributed by atoms with Gasteiger partial charge in [0.15, 0.2) is 6.10 Å². The Morgan fingerprint density at radius 2 is 1.89 bits per heavy atom. The molecule has 0 spiro atoms. The first-order valence-electron chi connectivity index (χ1n) is 9.45. The molecule has 0 radical (unpaired) electrons. The topological polar surface area (TPSA) is 84.5 Å². The minimum atomic E-state index is -0.823. The number of nitrogens with one attached hydrogen (secondary N) is 2. The van der Waals surface area contributed by atoms with Gasteiger partial charge < -0.3 is 15.4 Å². The summed E-state index contributed by atoms with van der Waals surface area (Å²) in [7, 11) is 0. The highest BCUT2D eigenvalue weighted by Gasteiger charge is 2.17. The molecule has 2 N–H and O–H groups in total. The van der Waals surface area contributed by atoms with Crippen LogP contribution in [0.1, 0.15) is 51.5 Å². The number of amides is 2. The van der Waals surface area contributed by atoms with E-state index in [1.165, 1.54) is 25.3 Å². The molecule has 146 valence electrons. The normalized spacial score (nSPS) is 14.7. The third-order valence-electron chi connectivity index (χ3n) is 4.43. The summed E-state index contributed by atoms with van der Waals surface area (Å²) in [5.41, 5.74) is 2.82. The Kier molecular flexibility index (Phi) is 8.04. The molecule has 6 nitrogen and oxygen atoms in total. The van der Waals surface area contributed by atoms with Crippen molar-refractivity contribution < 1.29 is 19.1 Å². The van der Waals surface area contributed by atoms with Crippen LogP contribution in [0.3, 0.4) is 0 Å². The van der Waals surface area contributed by atoms with Crippen LogP contribution < -0.4 is 10.6 Å². The molecule has 1 aromatic rings. The lowest BCUT2D eigenvalue weighted by Crippen LogP contribution is -2.36. The molecule has 0 unspecified atom stereocenters. The molecule has 0 bridgehead atoms. The molecule has 1 aliphatic rings. The molecular formula is C21H28N2O4. The van der Waals surface area contributed by atoms with Gasteiger partial charge in [-0.15, -0.1) is 0 Å². The van der Waals surface area contributed by atoms with Gasteiger partial charge in [0.25, 0.3) is 5.91 Å². The van der Waals surface area contributed by atoms with Crippen LogP contribution in [0.2, 0.25) is 0 Å². The Bertz CT molecular complexity index is 695. The van der Waals surface area contributed by atoms with Crippen LogP contribution in [-0.2, 0) is 25.5 Å². The summed E-state index contributed by atoms with van der Waals surface area (Å²) in [6.45, 7) is 3.58. The molecule has 0 aliphatic heterocycles. The molecule has 0 aromatic heterocycles. The highest BCUT2D eigenvalue weighted by atomic mass is 16.5. The summed E-state index contributed by atoms with van der Waals surface area (Å²) in [4.78, 5) is 35.1. The number of benzene rings is 1. The fraction of sp³-hybridized carbons (Fsp3) is 0.476. The van der Waals surface area contributed by atoms with Crippen LogP contribution in [0.5, 0.6) is 0 Å². The molecule has 1 aliphatic carbocycles. The second-order valence-electron chi connectivity index (χ2n) is 6.84. The van der Waals surface area contributed by atoms with Gasteiger partial charge in [-0.25, -0.2) is 0 Å². The van der Waals surface area contributed by atoms with Gasteiger partial charge in [0, 0.05) is 19.2 Å². The van der Waals surface area contributed by atoms with E-state index in [0.717, 1.165) is 24.8 Å². The zero-order chi connectivity index (χ0) is 19.6. The van der Waals surface area contributed by atoms with Crippen molar-refractivity contribution in [1.82, 2.24) is 5.32 Å². The molecular weight excluding hydrogens is 344 g/mol. The third kappa shape index (κ3) is 7.64. The largest absolute Gasteiger partial charge is 0.452 e. The first kappa shape index (κ1) is 20.7. The van der Waals surface area contributed by atoms with Crippen LogP contribution in [0, 0.1) is 0 Å². The highest BCUT2D eigenvalue weighted by Crippen LogP contribution is 2.19. The van der Waals surface area contributed by atoms with Gasteiger partial charge in [0.1, 0.15) is 0 Å². The van der Waals surface area contributed by atoms with E-state index in [9.17, 15) is 14.4 Å². The fourth-order valence-corrected chi connectivity index (χ4v) is 2.99. The number of allylic oxidation sites excluding steroid dienone is 1. The molecule has 2 rings (SSSR count). The Balaban J connectivity index is 1.71. The van der Waals surface area contributed by atoms with Crippen LogP contribution in [0.4, 0.5) is 5.69 Å². The van der Waals surface area contributed by atoms with Crippen molar-refractivity contribution in [3.8, 4) is 0 Å². The van der Waals surface area contributed by atoms with Crippen molar-refractivity contribution in [2.45, 2.75) is 58.5 Å². The maximum atomic E-state index is 12.1. The van der Waals surface area contributed by atoms with Crippen LogP contribution in [0.25, 0.3) is 0 Å². The average molecular weight is 372 g/mol. The number of anilines is 1. The minimum Gasteiger partial charge on any atom is -0.452 e. The van der Waals surface area contributed by atoms with E-state index in [1.54, 1.807) is 31.2 Å².